The molecule has 1 fully saturated rings. The highest BCUT2D eigenvalue weighted by molar-refractivity contribution is 5.81. The molecule has 1 N–H and O–H groups in total. The van der Waals surface area contributed by atoms with Gasteiger partial charge in [-0.05, 0) is 20.8 Å². The van der Waals surface area contributed by atoms with Crippen LogP contribution in [0.2, 0.25) is 0 Å². The van der Waals surface area contributed by atoms with Crippen molar-refractivity contribution in [3.8, 4) is 0 Å². The second-order valence-electron chi connectivity index (χ2n) is 4.77. The Hall–Kier alpha value is -0.870. The van der Waals surface area contributed by atoms with Crippen LogP contribution in [0.15, 0.2) is 12.2 Å². The van der Waals surface area contributed by atoms with Crippen molar-refractivity contribution in [1.29, 1.82) is 0 Å². The van der Waals surface area contributed by atoms with Gasteiger partial charge in [0.15, 0.2) is 0 Å². The Morgan fingerprint density at radius 2 is 2.06 bits per heavy atom. The van der Waals surface area contributed by atoms with Gasteiger partial charge in [0.05, 0.1) is 6.04 Å². The first-order chi connectivity index (χ1) is 8.06. The van der Waals surface area contributed by atoms with E-state index in [9.17, 15) is 4.79 Å². The summed E-state index contributed by atoms with van der Waals surface area (Å²) in [6.45, 7) is 15.2. The smallest absolute Gasteiger partial charge is 0.239 e. The number of likely N-dealkylation sites (N-methyl/N-ethyl adjacent to an activating group) is 1. The summed E-state index contributed by atoms with van der Waals surface area (Å²) in [6, 6.07) is -0.0172. The minimum atomic E-state index is -0.0172. The Morgan fingerprint density at radius 3 is 2.53 bits per heavy atom. The number of nitrogens with one attached hydrogen (secondary N) is 1. The summed E-state index contributed by atoms with van der Waals surface area (Å²) in [5, 5.41) is 3.30. The van der Waals surface area contributed by atoms with E-state index in [0.29, 0.717) is 6.54 Å². The molecular weight excluding hydrogens is 214 g/mol. The van der Waals surface area contributed by atoms with E-state index >= 15 is 0 Å². The fraction of sp³-hybridized carbons (Fsp3) is 0.769. The zero-order valence-corrected chi connectivity index (χ0v) is 11.3. The third-order valence-corrected chi connectivity index (χ3v) is 3.21. The highest BCUT2D eigenvalue weighted by Crippen LogP contribution is 2.07. The van der Waals surface area contributed by atoms with Crippen LogP contribution in [0.4, 0.5) is 0 Å². The van der Waals surface area contributed by atoms with Gasteiger partial charge in [0.1, 0.15) is 0 Å². The van der Waals surface area contributed by atoms with Crippen LogP contribution in [0.25, 0.3) is 0 Å². The molecule has 0 radical (unpaired) electrons. The van der Waals surface area contributed by atoms with Crippen molar-refractivity contribution >= 4 is 5.91 Å². The molecule has 17 heavy (non-hydrogen) atoms. The number of amides is 1. The standard InChI is InChI=1S/C13H25N3O/c1-5-15(10-11(2)3)13(17)12(4)16-8-6-14-7-9-16/h12,14H,2,5-10H2,1,3-4H3. The quantitative estimate of drug-likeness (QED) is 0.718. The van der Waals surface area contributed by atoms with Crippen molar-refractivity contribution < 1.29 is 4.79 Å². The molecule has 1 saturated heterocycles. The van der Waals surface area contributed by atoms with Gasteiger partial charge < -0.3 is 10.2 Å². The fourth-order valence-corrected chi connectivity index (χ4v) is 2.16. The molecule has 4 nitrogen and oxygen atoms in total. The number of carbonyl (C=O) groups is 1. The maximum Gasteiger partial charge on any atom is 0.239 e. The predicted molar refractivity (Wildman–Crippen MR) is 71.0 cm³/mol. The highest BCUT2D eigenvalue weighted by atomic mass is 16.2. The Labute approximate surface area is 105 Å². The van der Waals surface area contributed by atoms with E-state index in [0.717, 1.165) is 38.3 Å². The van der Waals surface area contributed by atoms with Crippen LogP contribution in [0, 0.1) is 0 Å². The molecule has 0 aromatic rings. The second kappa shape index (κ2) is 6.77. The number of hydrogen-bond acceptors (Lipinski definition) is 3. The topological polar surface area (TPSA) is 35.6 Å². The molecule has 98 valence electrons. The predicted octanol–water partition coefficient (Wildman–Crippen LogP) is 0.705. The van der Waals surface area contributed by atoms with Gasteiger partial charge >= 0.3 is 0 Å². The molecule has 0 aromatic carbocycles. The van der Waals surface area contributed by atoms with Crippen LogP contribution in [0.3, 0.4) is 0 Å². The molecule has 1 rings (SSSR count). The van der Waals surface area contributed by atoms with Crippen molar-refractivity contribution in [2.45, 2.75) is 26.8 Å². The average Bonchev–Trinajstić information content (AvgIpc) is 2.35. The van der Waals surface area contributed by atoms with E-state index in [-0.39, 0.29) is 11.9 Å². The molecule has 0 spiro atoms. The van der Waals surface area contributed by atoms with Crippen LogP contribution < -0.4 is 5.32 Å². The van der Waals surface area contributed by atoms with E-state index in [1.54, 1.807) is 0 Å². The Morgan fingerprint density at radius 1 is 1.47 bits per heavy atom. The van der Waals surface area contributed by atoms with E-state index in [1.807, 2.05) is 25.7 Å². The van der Waals surface area contributed by atoms with E-state index in [2.05, 4.69) is 16.8 Å². The lowest BCUT2D eigenvalue weighted by molar-refractivity contribution is -0.136. The number of carbonyl (C=O) groups excluding carboxylic acids is 1. The number of rotatable bonds is 5. The summed E-state index contributed by atoms with van der Waals surface area (Å²) in [6.07, 6.45) is 0. The van der Waals surface area contributed by atoms with Crippen LogP contribution in [0.1, 0.15) is 20.8 Å². The van der Waals surface area contributed by atoms with E-state index < -0.39 is 0 Å². The maximum absolute atomic E-state index is 12.3. The monoisotopic (exact) mass is 239 g/mol. The summed E-state index contributed by atoms with van der Waals surface area (Å²) >= 11 is 0. The number of piperazine rings is 1. The first-order valence-corrected chi connectivity index (χ1v) is 6.44. The third-order valence-electron chi connectivity index (χ3n) is 3.21. The van der Waals surface area contributed by atoms with Gasteiger partial charge in [0.25, 0.3) is 0 Å². The van der Waals surface area contributed by atoms with E-state index in [1.165, 1.54) is 0 Å². The molecule has 1 aliphatic rings. The summed E-state index contributed by atoms with van der Waals surface area (Å²) < 4.78 is 0. The van der Waals surface area contributed by atoms with Crippen molar-refractivity contribution in [2.24, 2.45) is 0 Å². The molecule has 1 amide bonds. The molecule has 4 heteroatoms. The summed E-state index contributed by atoms with van der Waals surface area (Å²) in [7, 11) is 0. The summed E-state index contributed by atoms with van der Waals surface area (Å²) in [4.78, 5) is 16.5. The van der Waals surface area contributed by atoms with Gasteiger partial charge in [-0.2, -0.15) is 0 Å². The molecule has 0 bridgehead atoms. The highest BCUT2D eigenvalue weighted by Gasteiger charge is 2.25. The van der Waals surface area contributed by atoms with Crippen LogP contribution in [-0.2, 0) is 4.79 Å². The number of nitrogens with zero attached hydrogens (tertiary/aromatic N) is 2. The SMILES string of the molecule is C=C(C)CN(CC)C(=O)C(C)N1CCNCC1. The minimum absolute atomic E-state index is 0.0172. The zero-order chi connectivity index (χ0) is 12.8. The summed E-state index contributed by atoms with van der Waals surface area (Å²) in [5.74, 6) is 0.220. The lowest BCUT2D eigenvalue weighted by Crippen LogP contribution is -2.53. The summed E-state index contributed by atoms with van der Waals surface area (Å²) in [5.41, 5.74) is 1.03. The van der Waals surface area contributed by atoms with Crippen molar-refractivity contribution in [3.05, 3.63) is 12.2 Å². The van der Waals surface area contributed by atoms with Gasteiger partial charge in [-0.3, -0.25) is 9.69 Å². The lowest BCUT2D eigenvalue weighted by atomic mass is 10.2. The lowest BCUT2D eigenvalue weighted by Gasteiger charge is -2.34. The van der Waals surface area contributed by atoms with Gasteiger partial charge in [0.2, 0.25) is 5.91 Å². The molecule has 1 unspecified atom stereocenters. The Kier molecular flexibility index (Phi) is 5.65. The van der Waals surface area contributed by atoms with Gasteiger partial charge in [0, 0.05) is 39.3 Å². The molecule has 1 atom stereocenters. The van der Waals surface area contributed by atoms with Crippen LogP contribution in [-0.4, -0.2) is 61.0 Å². The fourth-order valence-electron chi connectivity index (χ4n) is 2.16. The molecular formula is C13H25N3O. The minimum Gasteiger partial charge on any atom is -0.338 e. The average molecular weight is 239 g/mol. The van der Waals surface area contributed by atoms with E-state index in [4.69, 9.17) is 0 Å². The van der Waals surface area contributed by atoms with Gasteiger partial charge in [-0.25, -0.2) is 0 Å². The first-order valence-electron chi connectivity index (χ1n) is 6.44. The zero-order valence-electron chi connectivity index (χ0n) is 11.3. The van der Waals surface area contributed by atoms with Crippen molar-refractivity contribution in [2.75, 3.05) is 39.3 Å². The van der Waals surface area contributed by atoms with Gasteiger partial charge in [-0.15, -0.1) is 0 Å². The molecule has 0 saturated carbocycles. The maximum atomic E-state index is 12.3. The molecule has 0 aliphatic carbocycles. The van der Waals surface area contributed by atoms with Crippen molar-refractivity contribution in [3.63, 3.8) is 0 Å². The largest absolute Gasteiger partial charge is 0.338 e. The Bertz CT molecular complexity index is 272. The molecule has 1 heterocycles. The normalized spacial score (nSPS) is 18.8. The second-order valence-corrected chi connectivity index (χ2v) is 4.77. The van der Waals surface area contributed by atoms with Crippen molar-refractivity contribution in [1.82, 2.24) is 15.1 Å². The van der Waals surface area contributed by atoms with Gasteiger partial charge in [-0.1, -0.05) is 12.2 Å². The third kappa shape index (κ3) is 4.13. The first kappa shape index (κ1) is 14.2. The van der Waals surface area contributed by atoms with Crippen LogP contribution >= 0.6 is 0 Å². The molecule has 0 aromatic heterocycles. The number of hydrogen-bond donors (Lipinski definition) is 1. The van der Waals surface area contributed by atoms with Crippen LogP contribution in [0.5, 0.6) is 0 Å². The Balaban J connectivity index is 2.56. The molecule has 1 aliphatic heterocycles.